The first-order valence-corrected chi connectivity index (χ1v) is 5.93. The number of nitrogens with one attached hydrogen (secondary N) is 1. The third-order valence-electron chi connectivity index (χ3n) is 2.53. The molecule has 0 aliphatic carbocycles. The highest BCUT2D eigenvalue weighted by Crippen LogP contribution is 2.38. The van der Waals surface area contributed by atoms with Crippen LogP contribution in [0.15, 0.2) is 17.8 Å². The molecule has 0 radical (unpaired) electrons. The van der Waals surface area contributed by atoms with E-state index in [0.29, 0.717) is 22.8 Å². The molecule has 0 atom stereocenters. The number of hydrogen-bond acceptors (Lipinski definition) is 6. The Bertz CT molecular complexity index is 554. The first kappa shape index (κ1) is 16.4. The average molecular weight is 294 g/mol. The highest BCUT2D eigenvalue weighted by atomic mass is 16.5. The lowest BCUT2D eigenvalue weighted by Crippen LogP contribution is -2.34. The maximum Gasteiger partial charge on any atom is 0.221 e. The van der Waals surface area contributed by atoms with Gasteiger partial charge in [-0.05, 0) is 23.8 Å². The van der Waals surface area contributed by atoms with E-state index in [-0.39, 0.29) is 5.70 Å². The van der Waals surface area contributed by atoms with Gasteiger partial charge in [0.15, 0.2) is 11.5 Å². The van der Waals surface area contributed by atoms with Gasteiger partial charge in [-0.1, -0.05) is 0 Å². The quantitative estimate of drug-likeness (QED) is 0.738. The second-order valence-electron chi connectivity index (χ2n) is 3.99. The number of carbonyl (C=O) groups is 2. The average Bonchev–Trinajstić information content (AvgIpc) is 2.44. The van der Waals surface area contributed by atoms with Gasteiger partial charge in [-0.3, -0.25) is 4.79 Å². The minimum atomic E-state index is -1.50. The molecule has 0 fully saturated rings. The third-order valence-corrected chi connectivity index (χ3v) is 2.53. The monoisotopic (exact) mass is 294 g/mol. The van der Waals surface area contributed by atoms with Gasteiger partial charge in [-0.25, -0.2) is 0 Å². The van der Waals surface area contributed by atoms with E-state index in [4.69, 9.17) is 14.2 Å². The van der Waals surface area contributed by atoms with E-state index in [2.05, 4.69) is 5.32 Å². The summed E-state index contributed by atoms with van der Waals surface area (Å²) in [5, 5.41) is 13.2. The molecule has 1 aromatic carbocycles. The molecule has 21 heavy (non-hydrogen) atoms. The van der Waals surface area contributed by atoms with Crippen LogP contribution in [0.25, 0.3) is 6.08 Å². The molecule has 0 bridgehead atoms. The Morgan fingerprint density at radius 2 is 1.62 bits per heavy atom. The molecule has 1 N–H and O–H groups in total. The lowest BCUT2D eigenvalue weighted by Gasteiger charge is -2.14. The Morgan fingerprint density at radius 3 is 1.95 bits per heavy atom. The molecule has 0 saturated carbocycles. The van der Waals surface area contributed by atoms with Gasteiger partial charge in [0.2, 0.25) is 11.7 Å². The summed E-state index contributed by atoms with van der Waals surface area (Å²) >= 11 is 0. The van der Waals surface area contributed by atoms with Gasteiger partial charge < -0.3 is 29.4 Å². The van der Waals surface area contributed by atoms with Gasteiger partial charge in [-0.2, -0.15) is 0 Å². The molecule has 0 aromatic heterocycles. The molecular formula is C14H16NO6-. The fraction of sp³-hybridized carbons (Fsp3) is 0.286. The van der Waals surface area contributed by atoms with Crippen LogP contribution in [0.3, 0.4) is 0 Å². The van der Waals surface area contributed by atoms with Crippen molar-refractivity contribution in [2.75, 3.05) is 21.3 Å². The van der Waals surface area contributed by atoms with Gasteiger partial charge in [-0.15, -0.1) is 0 Å². The molecule has 0 aliphatic rings. The van der Waals surface area contributed by atoms with Crippen LogP contribution in [0.4, 0.5) is 0 Å². The minimum Gasteiger partial charge on any atom is -0.543 e. The van der Waals surface area contributed by atoms with E-state index < -0.39 is 11.9 Å². The van der Waals surface area contributed by atoms with E-state index in [1.807, 2.05) is 0 Å². The molecule has 1 amide bonds. The lowest BCUT2D eigenvalue weighted by molar-refractivity contribution is -0.299. The van der Waals surface area contributed by atoms with Crippen molar-refractivity contribution in [2.45, 2.75) is 6.92 Å². The highest BCUT2D eigenvalue weighted by molar-refractivity contribution is 5.95. The summed E-state index contributed by atoms with van der Waals surface area (Å²) in [6.07, 6.45) is 1.24. The van der Waals surface area contributed by atoms with E-state index in [1.165, 1.54) is 34.3 Å². The molecule has 1 rings (SSSR count). The molecule has 0 heterocycles. The van der Waals surface area contributed by atoms with Crippen LogP contribution >= 0.6 is 0 Å². The number of ether oxygens (including phenoxy) is 3. The summed E-state index contributed by atoms with van der Waals surface area (Å²) in [4.78, 5) is 22.0. The minimum absolute atomic E-state index is 0.364. The smallest absolute Gasteiger partial charge is 0.221 e. The summed E-state index contributed by atoms with van der Waals surface area (Å²) in [7, 11) is 4.34. The van der Waals surface area contributed by atoms with Crippen LogP contribution in [0.2, 0.25) is 0 Å². The Kier molecular flexibility index (Phi) is 5.59. The maximum absolute atomic E-state index is 11.0. The van der Waals surface area contributed by atoms with Crippen LogP contribution in [0.1, 0.15) is 12.5 Å². The Morgan fingerprint density at radius 1 is 1.10 bits per heavy atom. The van der Waals surface area contributed by atoms with Gasteiger partial charge in [0.25, 0.3) is 0 Å². The zero-order valence-corrected chi connectivity index (χ0v) is 12.2. The Hall–Kier alpha value is -2.70. The van der Waals surface area contributed by atoms with E-state index in [9.17, 15) is 14.7 Å². The van der Waals surface area contributed by atoms with Crippen LogP contribution in [0, 0.1) is 0 Å². The second-order valence-corrected chi connectivity index (χ2v) is 3.99. The van der Waals surface area contributed by atoms with Gasteiger partial charge in [0.1, 0.15) is 0 Å². The Balaban J connectivity index is 3.35. The van der Waals surface area contributed by atoms with Crippen molar-refractivity contribution in [1.29, 1.82) is 0 Å². The van der Waals surface area contributed by atoms with Crippen molar-refractivity contribution in [2.24, 2.45) is 0 Å². The summed E-state index contributed by atoms with van der Waals surface area (Å²) in [6, 6.07) is 3.10. The first-order chi connectivity index (χ1) is 9.92. The highest BCUT2D eigenvalue weighted by Gasteiger charge is 2.13. The van der Waals surface area contributed by atoms with Gasteiger partial charge in [0.05, 0.1) is 33.0 Å². The fourth-order valence-corrected chi connectivity index (χ4v) is 1.69. The molecular weight excluding hydrogens is 278 g/mol. The first-order valence-electron chi connectivity index (χ1n) is 5.93. The Labute approximate surface area is 122 Å². The number of benzene rings is 1. The molecule has 114 valence electrons. The molecule has 0 aliphatic heterocycles. The van der Waals surface area contributed by atoms with E-state index >= 15 is 0 Å². The number of amides is 1. The largest absolute Gasteiger partial charge is 0.543 e. The normalized spacial score (nSPS) is 10.8. The van der Waals surface area contributed by atoms with Crippen molar-refractivity contribution >= 4 is 18.0 Å². The molecule has 1 aromatic rings. The van der Waals surface area contributed by atoms with Crippen LogP contribution < -0.4 is 24.6 Å². The van der Waals surface area contributed by atoms with Crippen LogP contribution in [0.5, 0.6) is 17.2 Å². The number of aliphatic carboxylic acids is 1. The van der Waals surface area contributed by atoms with Crippen LogP contribution in [-0.2, 0) is 9.59 Å². The van der Waals surface area contributed by atoms with Crippen LogP contribution in [-0.4, -0.2) is 33.2 Å². The van der Waals surface area contributed by atoms with Gasteiger partial charge >= 0.3 is 0 Å². The van der Waals surface area contributed by atoms with Crippen molar-refractivity contribution in [3.63, 3.8) is 0 Å². The van der Waals surface area contributed by atoms with Crippen molar-refractivity contribution in [3.8, 4) is 17.2 Å². The fourth-order valence-electron chi connectivity index (χ4n) is 1.69. The predicted molar refractivity (Wildman–Crippen MR) is 72.9 cm³/mol. The van der Waals surface area contributed by atoms with Crippen molar-refractivity contribution in [1.82, 2.24) is 5.32 Å². The summed E-state index contributed by atoms with van der Waals surface area (Å²) in [5.74, 6) is -0.907. The van der Waals surface area contributed by atoms with Crippen molar-refractivity contribution in [3.05, 3.63) is 23.4 Å². The summed E-state index contributed by atoms with van der Waals surface area (Å²) in [6.45, 7) is 1.20. The van der Waals surface area contributed by atoms with Gasteiger partial charge in [0, 0.05) is 6.92 Å². The number of rotatable bonds is 6. The molecule has 7 nitrogen and oxygen atoms in total. The third kappa shape index (κ3) is 4.13. The van der Waals surface area contributed by atoms with E-state index in [0.717, 1.165) is 0 Å². The lowest BCUT2D eigenvalue weighted by atomic mass is 10.1. The number of hydrogen-bond donors (Lipinski definition) is 1. The molecule has 0 spiro atoms. The molecule has 0 saturated heterocycles. The number of carboxylic acid groups (broad SMARTS) is 1. The zero-order valence-electron chi connectivity index (χ0n) is 12.2. The summed E-state index contributed by atoms with van der Waals surface area (Å²) in [5.41, 5.74) is 0.0780. The number of methoxy groups -OCH3 is 3. The summed E-state index contributed by atoms with van der Waals surface area (Å²) < 4.78 is 15.5. The van der Waals surface area contributed by atoms with E-state index in [1.54, 1.807) is 12.1 Å². The number of carboxylic acids is 1. The standard InChI is InChI=1S/C14H17NO6/c1-8(16)15-10(14(17)18)5-9-6-11(19-2)13(21-4)12(7-9)20-3/h5-7H,1-4H3,(H,15,16)(H,17,18)/p-1/b10-5+. The predicted octanol–water partition coefficient (Wildman–Crippen LogP) is -0.0607. The van der Waals surface area contributed by atoms with Crippen molar-refractivity contribution < 1.29 is 28.9 Å². The number of carbonyl (C=O) groups excluding carboxylic acids is 2. The molecule has 0 unspecified atom stereocenters. The second kappa shape index (κ2) is 7.18. The topological polar surface area (TPSA) is 96.9 Å². The zero-order chi connectivity index (χ0) is 16.0. The maximum atomic E-state index is 11.0. The molecule has 7 heteroatoms. The SMILES string of the molecule is COc1cc(/C=C(/NC(C)=O)C(=O)[O-])cc(OC)c1OC.